The summed E-state index contributed by atoms with van der Waals surface area (Å²) < 4.78 is 40.1. The quantitative estimate of drug-likeness (QED) is 0.731. The first kappa shape index (κ1) is 18.2. The maximum absolute atomic E-state index is 13.8. The zero-order valence-electron chi connectivity index (χ0n) is 12.9. The summed E-state index contributed by atoms with van der Waals surface area (Å²) in [5.41, 5.74) is 0.0524. The van der Waals surface area contributed by atoms with E-state index in [1.165, 1.54) is 23.5 Å². The Kier molecular flexibility index (Phi) is 5.81. The van der Waals surface area contributed by atoms with Crippen molar-refractivity contribution in [3.63, 3.8) is 0 Å². The van der Waals surface area contributed by atoms with Crippen LogP contribution in [0.2, 0.25) is 0 Å². The second-order valence-electron chi connectivity index (χ2n) is 4.81. The Morgan fingerprint density at radius 3 is 2.83 bits per heavy atom. The van der Waals surface area contributed by atoms with Crippen molar-refractivity contribution in [2.24, 2.45) is 0 Å². The lowest BCUT2D eigenvalue weighted by molar-refractivity contribution is 0.0951. The Bertz CT molecular complexity index is 863. The third-order valence-corrected chi connectivity index (χ3v) is 5.34. The Labute approximate surface area is 143 Å². The Balaban J connectivity index is 2.17. The molecule has 6 nitrogen and oxygen atoms in total. The van der Waals surface area contributed by atoms with Crippen molar-refractivity contribution in [1.82, 2.24) is 15.0 Å². The number of thiazole rings is 1. The summed E-state index contributed by atoms with van der Waals surface area (Å²) in [4.78, 5) is 16.5. The van der Waals surface area contributed by atoms with Gasteiger partial charge in [0.15, 0.2) is 0 Å². The second kappa shape index (κ2) is 7.65. The summed E-state index contributed by atoms with van der Waals surface area (Å²) in [6.07, 6.45) is 2.99. The molecule has 0 spiro atoms. The van der Waals surface area contributed by atoms with Crippen LogP contribution in [-0.2, 0) is 16.6 Å². The second-order valence-corrected chi connectivity index (χ2v) is 7.87. The molecule has 0 unspecified atom stereocenters. The monoisotopic (exact) mass is 369 g/mol. The van der Waals surface area contributed by atoms with Gasteiger partial charge >= 0.3 is 0 Å². The molecule has 1 aromatic carbocycles. The van der Waals surface area contributed by atoms with Gasteiger partial charge in [0.1, 0.15) is 10.7 Å². The van der Waals surface area contributed by atoms with Crippen molar-refractivity contribution < 1.29 is 17.6 Å². The van der Waals surface area contributed by atoms with E-state index in [4.69, 9.17) is 0 Å². The van der Waals surface area contributed by atoms with Crippen LogP contribution in [0.3, 0.4) is 0 Å². The maximum atomic E-state index is 13.8. The van der Waals surface area contributed by atoms with E-state index in [9.17, 15) is 17.6 Å². The van der Waals surface area contributed by atoms with E-state index in [0.29, 0.717) is 0 Å². The van der Waals surface area contributed by atoms with Crippen molar-refractivity contribution in [2.75, 3.05) is 6.54 Å². The van der Waals surface area contributed by atoms with E-state index in [2.05, 4.69) is 21.6 Å². The normalized spacial score (nSPS) is 11.2. The highest BCUT2D eigenvalue weighted by atomic mass is 32.2. The number of aryl methyl sites for hydroxylation is 1. The summed E-state index contributed by atoms with van der Waals surface area (Å²) in [6, 6.07) is 3.19. The van der Waals surface area contributed by atoms with Gasteiger partial charge in [-0.1, -0.05) is 6.08 Å². The number of benzene rings is 1. The van der Waals surface area contributed by atoms with E-state index in [0.717, 1.165) is 22.0 Å². The summed E-state index contributed by atoms with van der Waals surface area (Å²) in [5, 5.41) is 3.53. The van der Waals surface area contributed by atoms with Gasteiger partial charge in [-0.3, -0.25) is 4.79 Å². The van der Waals surface area contributed by atoms with Crippen molar-refractivity contribution in [2.45, 2.75) is 18.4 Å². The van der Waals surface area contributed by atoms with Gasteiger partial charge in [-0.2, -0.15) is 0 Å². The van der Waals surface area contributed by atoms with Gasteiger partial charge in [-0.25, -0.2) is 22.5 Å². The topological polar surface area (TPSA) is 88.2 Å². The van der Waals surface area contributed by atoms with Gasteiger partial charge in [-0.15, -0.1) is 17.9 Å². The molecule has 0 aliphatic carbocycles. The molecule has 0 saturated carbocycles. The fourth-order valence-electron chi connectivity index (χ4n) is 1.85. The number of aromatic nitrogens is 1. The van der Waals surface area contributed by atoms with E-state index in [1.807, 2.05) is 6.92 Å². The lowest BCUT2D eigenvalue weighted by Gasteiger charge is -2.09. The average Bonchev–Trinajstić information content (AvgIpc) is 2.96. The average molecular weight is 369 g/mol. The largest absolute Gasteiger partial charge is 0.347 e. The van der Waals surface area contributed by atoms with E-state index < -0.39 is 26.6 Å². The first-order valence-corrected chi connectivity index (χ1v) is 9.23. The third kappa shape index (κ3) is 4.47. The molecule has 24 heavy (non-hydrogen) atoms. The minimum Gasteiger partial charge on any atom is -0.347 e. The number of halogens is 1. The lowest BCUT2D eigenvalue weighted by atomic mass is 10.2. The van der Waals surface area contributed by atoms with E-state index >= 15 is 0 Å². The van der Waals surface area contributed by atoms with Crippen LogP contribution in [-0.4, -0.2) is 25.9 Å². The van der Waals surface area contributed by atoms with Crippen LogP contribution in [0.25, 0.3) is 0 Å². The first-order valence-electron chi connectivity index (χ1n) is 6.93. The highest BCUT2D eigenvalue weighted by molar-refractivity contribution is 7.89. The minimum atomic E-state index is -4.06. The molecule has 2 rings (SSSR count). The fraction of sp³-hybridized carbons (Fsp3) is 0.200. The number of hydrogen-bond acceptors (Lipinski definition) is 5. The molecule has 2 aromatic rings. The van der Waals surface area contributed by atoms with Crippen molar-refractivity contribution in [3.8, 4) is 0 Å². The summed E-state index contributed by atoms with van der Waals surface area (Å²) in [6.45, 7) is 5.47. The van der Waals surface area contributed by atoms with E-state index in [-0.39, 0.29) is 18.7 Å². The number of sulfonamides is 1. The van der Waals surface area contributed by atoms with Gasteiger partial charge < -0.3 is 5.32 Å². The molecule has 0 aliphatic heterocycles. The van der Waals surface area contributed by atoms with Crippen LogP contribution in [0, 0.1) is 12.7 Å². The fourth-order valence-corrected chi connectivity index (χ4v) is 3.69. The molecule has 1 heterocycles. The Hall–Kier alpha value is -2.10. The van der Waals surface area contributed by atoms with Crippen molar-refractivity contribution >= 4 is 27.3 Å². The highest BCUT2D eigenvalue weighted by Crippen LogP contribution is 2.17. The standard InChI is InChI=1S/C15H16FN3O3S2/c1-3-6-19-24(21,22)14-7-11(4-5-13(14)16)15(20)18-9-12-8-17-10(2)23-12/h3-5,7-8,19H,1,6,9H2,2H3,(H,18,20). The van der Waals surface area contributed by atoms with Crippen molar-refractivity contribution in [3.05, 3.63) is 58.3 Å². The van der Waals surface area contributed by atoms with Gasteiger partial charge in [-0.05, 0) is 25.1 Å². The molecule has 1 amide bonds. The smallest absolute Gasteiger partial charge is 0.251 e. The predicted octanol–water partition coefficient (Wildman–Crippen LogP) is 1.98. The molecule has 1 aromatic heterocycles. The van der Waals surface area contributed by atoms with Gasteiger partial charge in [0.25, 0.3) is 5.91 Å². The number of rotatable bonds is 7. The van der Waals surface area contributed by atoms with Crippen LogP contribution in [0.4, 0.5) is 4.39 Å². The highest BCUT2D eigenvalue weighted by Gasteiger charge is 2.20. The van der Waals surface area contributed by atoms with Crippen LogP contribution in [0.5, 0.6) is 0 Å². The molecular formula is C15H16FN3O3S2. The Morgan fingerprint density at radius 1 is 1.46 bits per heavy atom. The van der Waals surface area contributed by atoms with Crippen LogP contribution in [0.1, 0.15) is 20.2 Å². The molecule has 128 valence electrons. The number of amides is 1. The molecule has 0 atom stereocenters. The van der Waals surface area contributed by atoms with E-state index in [1.54, 1.807) is 6.20 Å². The third-order valence-electron chi connectivity index (χ3n) is 2.99. The SMILES string of the molecule is C=CCNS(=O)(=O)c1cc(C(=O)NCc2cnc(C)s2)ccc1F. The number of nitrogens with zero attached hydrogens (tertiary/aromatic N) is 1. The molecule has 0 saturated heterocycles. The van der Waals surface area contributed by atoms with Gasteiger partial charge in [0.2, 0.25) is 10.0 Å². The molecule has 0 aliphatic rings. The maximum Gasteiger partial charge on any atom is 0.251 e. The summed E-state index contributed by atoms with van der Waals surface area (Å²) in [7, 11) is -4.06. The summed E-state index contributed by atoms with van der Waals surface area (Å²) in [5.74, 6) is -1.43. The van der Waals surface area contributed by atoms with Crippen LogP contribution >= 0.6 is 11.3 Å². The van der Waals surface area contributed by atoms with Gasteiger partial charge in [0.05, 0.1) is 11.6 Å². The predicted molar refractivity (Wildman–Crippen MR) is 89.8 cm³/mol. The van der Waals surface area contributed by atoms with Crippen LogP contribution < -0.4 is 10.0 Å². The first-order chi connectivity index (χ1) is 11.3. The van der Waals surface area contributed by atoms with Crippen LogP contribution in [0.15, 0.2) is 41.9 Å². The minimum absolute atomic E-state index is 0.0388. The molecular weight excluding hydrogens is 353 g/mol. The molecule has 0 fully saturated rings. The number of hydrogen-bond donors (Lipinski definition) is 2. The lowest BCUT2D eigenvalue weighted by Crippen LogP contribution is -2.26. The molecule has 2 N–H and O–H groups in total. The number of carbonyl (C=O) groups excluding carboxylic acids is 1. The molecule has 9 heteroatoms. The van der Waals surface area contributed by atoms with Gasteiger partial charge in [0, 0.05) is 23.2 Å². The molecule has 0 radical (unpaired) electrons. The molecule has 0 bridgehead atoms. The zero-order chi connectivity index (χ0) is 17.7. The Morgan fingerprint density at radius 2 is 2.21 bits per heavy atom. The summed E-state index contributed by atoms with van der Waals surface area (Å²) >= 11 is 1.44. The zero-order valence-corrected chi connectivity index (χ0v) is 14.5. The van der Waals surface area contributed by atoms with Crippen molar-refractivity contribution in [1.29, 1.82) is 0 Å². The number of carbonyl (C=O) groups is 1. The number of nitrogens with one attached hydrogen (secondary N) is 2.